The van der Waals surface area contributed by atoms with Gasteiger partial charge in [0.25, 0.3) is 0 Å². The number of nitrogens with zero attached hydrogens (tertiary/aromatic N) is 1. The number of alkyl halides is 1. The van der Waals surface area contributed by atoms with E-state index in [1.807, 2.05) is 0 Å². The van der Waals surface area contributed by atoms with Gasteiger partial charge in [-0.2, -0.15) is 0 Å². The molecule has 82 valence electrons. The smallest absolute Gasteiger partial charge is 0.0593 e. The molecule has 14 heavy (non-hydrogen) atoms. The highest BCUT2D eigenvalue weighted by Crippen LogP contribution is 2.37. The summed E-state index contributed by atoms with van der Waals surface area (Å²) in [5.74, 6) is 0. The molecule has 0 aromatic carbocycles. The summed E-state index contributed by atoms with van der Waals surface area (Å²) in [6, 6.07) is 1.66. The number of hydrogen-bond acceptors (Lipinski definition) is 2. The lowest BCUT2D eigenvalue weighted by atomic mass is 10.0. The van der Waals surface area contributed by atoms with Gasteiger partial charge in [-0.05, 0) is 32.6 Å². The molecule has 2 bridgehead atoms. The molecule has 0 aromatic heterocycles. The van der Waals surface area contributed by atoms with Crippen LogP contribution < -0.4 is 0 Å². The number of ether oxygens (including phenoxy) is 1. The number of hydrogen-bond donors (Lipinski definition) is 0. The Morgan fingerprint density at radius 1 is 1.29 bits per heavy atom. The number of fused-ring (bicyclic) bond motifs is 2. The van der Waals surface area contributed by atoms with Crippen molar-refractivity contribution in [3.05, 3.63) is 0 Å². The average Bonchev–Trinajstić information content (AvgIpc) is 2.42. The summed E-state index contributed by atoms with van der Waals surface area (Å²) in [6.45, 7) is 4.98. The molecule has 3 heteroatoms. The highest BCUT2D eigenvalue weighted by Gasteiger charge is 2.39. The Labute approximate surface area is 95.1 Å². The minimum atomic E-state index is 0.767. The van der Waals surface area contributed by atoms with Crippen LogP contribution in [0.3, 0.4) is 0 Å². The number of piperidine rings is 1. The Balaban J connectivity index is 1.82. The van der Waals surface area contributed by atoms with E-state index in [0.717, 1.165) is 36.7 Å². The van der Waals surface area contributed by atoms with Crippen LogP contribution in [0.1, 0.15) is 32.6 Å². The van der Waals surface area contributed by atoms with Gasteiger partial charge >= 0.3 is 0 Å². The zero-order valence-electron chi connectivity index (χ0n) is 8.92. The molecule has 0 amide bonds. The van der Waals surface area contributed by atoms with Crippen LogP contribution in [0.2, 0.25) is 0 Å². The van der Waals surface area contributed by atoms with E-state index >= 15 is 0 Å². The zero-order valence-corrected chi connectivity index (χ0v) is 10.5. The second kappa shape index (κ2) is 4.95. The summed E-state index contributed by atoms with van der Waals surface area (Å²) < 4.78 is 5.43. The first-order chi connectivity index (χ1) is 6.81. The Hall–Kier alpha value is 0.400. The van der Waals surface area contributed by atoms with Crippen molar-refractivity contribution in [1.29, 1.82) is 0 Å². The first-order valence-electron chi connectivity index (χ1n) is 5.78. The van der Waals surface area contributed by atoms with Crippen molar-refractivity contribution in [1.82, 2.24) is 4.90 Å². The van der Waals surface area contributed by atoms with Crippen molar-refractivity contribution >= 4 is 15.9 Å². The molecule has 2 heterocycles. The standard InChI is InChI=1S/C11H20BrNO/c1-2-14-6-5-13-10-3-4-11(13)8-9(12)7-10/h9-11H,2-8H2,1H3. The van der Waals surface area contributed by atoms with Crippen molar-refractivity contribution in [3.8, 4) is 0 Å². The maximum Gasteiger partial charge on any atom is 0.0593 e. The number of rotatable bonds is 4. The van der Waals surface area contributed by atoms with Gasteiger partial charge < -0.3 is 4.74 Å². The van der Waals surface area contributed by atoms with Gasteiger partial charge in [0.05, 0.1) is 6.61 Å². The Morgan fingerprint density at radius 3 is 2.50 bits per heavy atom. The van der Waals surface area contributed by atoms with Crippen LogP contribution in [0.25, 0.3) is 0 Å². The second-order valence-electron chi connectivity index (χ2n) is 4.39. The highest BCUT2D eigenvalue weighted by atomic mass is 79.9. The molecule has 0 aromatic rings. The summed E-state index contributed by atoms with van der Waals surface area (Å²) >= 11 is 3.76. The molecular weight excluding hydrogens is 242 g/mol. The van der Waals surface area contributed by atoms with E-state index in [0.29, 0.717) is 0 Å². The van der Waals surface area contributed by atoms with Crippen molar-refractivity contribution in [3.63, 3.8) is 0 Å². The summed E-state index contributed by atoms with van der Waals surface area (Å²) in [6.07, 6.45) is 5.48. The fraction of sp³-hybridized carbons (Fsp3) is 1.00. The second-order valence-corrected chi connectivity index (χ2v) is 5.68. The molecule has 0 N–H and O–H groups in total. The molecule has 2 aliphatic heterocycles. The Kier molecular flexibility index (Phi) is 3.86. The molecule has 2 atom stereocenters. The molecule has 2 aliphatic rings. The lowest BCUT2D eigenvalue weighted by Gasteiger charge is -2.36. The summed E-state index contributed by atoms with van der Waals surface area (Å²) in [4.78, 5) is 3.44. The summed E-state index contributed by atoms with van der Waals surface area (Å²) in [5.41, 5.74) is 0. The molecule has 2 fully saturated rings. The number of halogens is 1. The van der Waals surface area contributed by atoms with Gasteiger partial charge in [0.15, 0.2) is 0 Å². The first-order valence-corrected chi connectivity index (χ1v) is 6.70. The quantitative estimate of drug-likeness (QED) is 0.570. The fourth-order valence-electron chi connectivity index (χ4n) is 2.89. The van der Waals surface area contributed by atoms with Gasteiger partial charge in [0, 0.05) is 30.1 Å². The first kappa shape index (κ1) is 10.9. The van der Waals surface area contributed by atoms with E-state index in [-0.39, 0.29) is 0 Å². The highest BCUT2D eigenvalue weighted by molar-refractivity contribution is 9.09. The lowest BCUT2D eigenvalue weighted by molar-refractivity contribution is 0.0750. The maximum atomic E-state index is 5.43. The molecule has 0 saturated carbocycles. The summed E-state index contributed by atoms with van der Waals surface area (Å²) in [7, 11) is 0. The van der Waals surface area contributed by atoms with Crippen LogP contribution in [0.5, 0.6) is 0 Å². The van der Waals surface area contributed by atoms with Crippen molar-refractivity contribution in [2.24, 2.45) is 0 Å². The van der Waals surface area contributed by atoms with Gasteiger partial charge in [0.1, 0.15) is 0 Å². The van der Waals surface area contributed by atoms with Gasteiger partial charge in [-0.1, -0.05) is 15.9 Å². The predicted molar refractivity (Wildman–Crippen MR) is 62.0 cm³/mol. The Bertz CT molecular complexity index is 174. The normalized spacial score (nSPS) is 37.7. The van der Waals surface area contributed by atoms with Crippen molar-refractivity contribution in [2.45, 2.75) is 49.5 Å². The topological polar surface area (TPSA) is 12.5 Å². The van der Waals surface area contributed by atoms with Crippen LogP contribution >= 0.6 is 15.9 Å². The third kappa shape index (κ3) is 2.31. The molecule has 0 radical (unpaired) electrons. The summed E-state index contributed by atoms with van der Waals surface area (Å²) in [5, 5.41) is 0. The molecule has 2 unspecified atom stereocenters. The van der Waals surface area contributed by atoms with Crippen LogP contribution in [-0.4, -0.2) is 41.6 Å². The molecule has 2 nitrogen and oxygen atoms in total. The Morgan fingerprint density at radius 2 is 1.93 bits per heavy atom. The molecule has 2 rings (SSSR count). The van der Waals surface area contributed by atoms with Gasteiger partial charge in [-0.3, -0.25) is 4.90 Å². The lowest BCUT2D eigenvalue weighted by Crippen LogP contribution is -2.44. The minimum absolute atomic E-state index is 0.767. The van der Waals surface area contributed by atoms with E-state index in [1.165, 1.54) is 25.7 Å². The monoisotopic (exact) mass is 261 g/mol. The van der Waals surface area contributed by atoms with Gasteiger partial charge in [0.2, 0.25) is 0 Å². The molecule has 0 aliphatic carbocycles. The van der Waals surface area contributed by atoms with Crippen LogP contribution in [0, 0.1) is 0 Å². The van der Waals surface area contributed by atoms with E-state index in [1.54, 1.807) is 0 Å². The minimum Gasteiger partial charge on any atom is -0.380 e. The third-order valence-electron chi connectivity index (χ3n) is 3.52. The molecule has 0 spiro atoms. The van der Waals surface area contributed by atoms with Crippen LogP contribution in [0.15, 0.2) is 0 Å². The zero-order chi connectivity index (χ0) is 9.97. The van der Waals surface area contributed by atoms with Gasteiger partial charge in [-0.25, -0.2) is 0 Å². The predicted octanol–water partition coefficient (Wildman–Crippen LogP) is 2.41. The van der Waals surface area contributed by atoms with Crippen LogP contribution in [-0.2, 0) is 4.74 Å². The van der Waals surface area contributed by atoms with E-state index in [2.05, 4.69) is 27.8 Å². The SMILES string of the molecule is CCOCCN1C2CCC1CC(Br)C2. The van der Waals surface area contributed by atoms with Gasteiger partial charge in [-0.15, -0.1) is 0 Å². The molecular formula is C11H20BrNO. The largest absolute Gasteiger partial charge is 0.380 e. The van der Waals surface area contributed by atoms with E-state index in [9.17, 15) is 0 Å². The average molecular weight is 262 g/mol. The maximum absolute atomic E-state index is 5.43. The van der Waals surface area contributed by atoms with E-state index in [4.69, 9.17) is 4.74 Å². The van der Waals surface area contributed by atoms with Crippen LogP contribution in [0.4, 0.5) is 0 Å². The van der Waals surface area contributed by atoms with Crippen molar-refractivity contribution in [2.75, 3.05) is 19.8 Å². The third-order valence-corrected chi connectivity index (χ3v) is 4.27. The fourth-order valence-corrected chi connectivity index (χ4v) is 3.75. The molecule has 2 saturated heterocycles. The van der Waals surface area contributed by atoms with E-state index < -0.39 is 0 Å². The van der Waals surface area contributed by atoms with Crippen molar-refractivity contribution < 1.29 is 4.74 Å².